The zero-order valence-corrected chi connectivity index (χ0v) is 15.6. The Morgan fingerprint density at radius 2 is 2.00 bits per heavy atom. The monoisotopic (exact) mass is 393 g/mol. The summed E-state index contributed by atoms with van der Waals surface area (Å²) in [4.78, 5) is 19.3. The van der Waals surface area contributed by atoms with Crippen molar-refractivity contribution in [3.8, 4) is 17.5 Å². The fourth-order valence-electron chi connectivity index (χ4n) is 3.10. The van der Waals surface area contributed by atoms with Crippen LogP contribution in [0.3, 0.4) is 0 Å². The second kappa shape index (κ2) is 7.78. The highest BCUT2D eigenvalue weighted by Gasteiger charge is 2.17. The van der Waals surface area contributed by atoms with Gasteiger partial charge in [0.15, 0.2) is 0 Å². The summed E-state index contributed by atoms with van der Waals surface area (Å²) < 4.78 is 5.28. The van der Waals surface area contributed by atoms with Gasteiger partial charge in [-0.3, -0.25) is 10.1 Å². The molecule has 0 spiro atoms. The number of nitro benzene ring substituents is 1. The Balaban J connectivity index is 1.49. The lowest BCUT2D eigenvalue weighted by Gasteiger charge is -2.16. The average molecular weight is 393 g/mol. The molecule has 3 aromatic rings. The second-order valence-corrected chi connectivity index (χ2v) is 7.33. The molecule has 9 heteroatoms. The Bertz CT molecular complexity index is 1070. The number of hydrogen-bond acceptors (Lipinski definition) is 8. The van der Waals surface area contributed by atoms with E-state index in [0.29, 0.717) is 33.6 Å². The summed E-state index contributed by atoms with van der Waals surface area (Å²) in [5.74, 6) is 1.16. The number of nitro groups is 1. The molecule has 8 nitrogen and oxygen atoms in total. The third-order valence-electron chi connectivity index (χ3n) is 4.52. The van der Waals surface area contributed by atoms with Crippen LogP contribution in [0.4, 0.5) is 5.69 Å². The molecule has 2 aromatic heterocycles. The van der Waals surface area contributed by atoms with Crippen LogP contribution in [0.15, 0.2) is 39.9 Å². The van der Waals surface area contributed by atoms with Gasteiger partial charge in [-0.15, -0.1) is 0 Å². The second-order valence-electron chi connectivity index (χ2n) is 6.37. The number of aryl methyl sites for hydroxylation is 2. The first-order valence-corrected chi connectivity index (χ1v) is 9.75. The van der Waals surface area contributed by atoms with Gasteiger partial charge in [0.1, 0.15) is 11.1 Å². The van der Waals surface area contributed by atoms with Gasteiger partial charge in [0.25, 0.3) is 5.69 Å². The summed E-state index contributed by atoms with van der Waals surface area (Å²) >= 11 is 1.39. The summed E-state index contributed by atoms with van der Waals surface area (Å²) in [6.45, 7) is 0. The molecule has 0 N–H and O–H groups in total. The van der Waals surface area contributed by atoms with Crippen LogP contribution in [-0.4, -0.2) is 20.0 Å². The Morgan fingerprint density at radius 1 is 1.21 bits per heavy atom. The van der Waals surface area contributed by atoms with Gasteiger partial charge >= 0.3 is 0 Å². The lowest BCUT2D eigenvalue weighted by molar-refractivity contribution is -0.384. The standard InChI is InChI=1S/C19H15N5O3S/c20-10-14-9-13-3-1-2-4-16(13)21-19(14)28-11-17-22-18(23-27-17)12-5-7-15(8-6-12)24(25)26/h5-9H,1-4,11H2. The molecule has 0 saturated heterocycles. The first-order valence-electron chi connectivity index (χ1n) is 8.77. The van der Waals surface area contributed by atoms with Gasteiger partial charge in [-0.2, -0.15) is 10.2 Å². The van der Waals surface area contributed by atoms with E-state index in [0.717, 1.165) is 31.4 Å². The molecule has 0 atom stereocenters. The average Bonchev–Trinajstić information content (AvgIpc) is 3.20. The normalized spacial score (nSPS) is 13.0. The largest absolute Gasteiger partial charge is 0.338 e. The predicted octanol–water partition coefficient (Wildman–Crippen LogP) is 4.08. The summed E-state index contributed by atoms with van der Waals surface area (Å²) in [6.07, 6.45) is 4.18. The van der Waals surface area contributed by atoms with Gasteiger partial charge in [-0.05, 0) is 49.4 Å². The highest BCUT2D eigenvalue weighted by Crippen LogP contribution is 2.29. The van der Waals surface area contributed by atoms with E-state index in [9.17, 15) is 15.4 Å². The van der Waals surface area contributed by atoms with E-state index < -0.39 is 4.92 Å². The number of aromatic nitrogens is 3. The summed E-state index contributed by atoms with van der Waals surface area (Å²) in [5.41, 5.74) is 3.46. The van der Waals surface area contributed by atoms with E-state index in [-0.39, 0.29) is 5.69 Å². The summed E-state index contributed by atoms with van der Waals surface area (Å²) in [7, 11) is 0. The molecule has 0 fully saturated rings. The number of benzene rings is 1. The van der Waals surface area contributed by atoms with Crippen molar-refractivity contribution in [3.05, 3.63) is 63.2 Å². The van der Waals surface area contributed by atoms with Crippen molar-refractivity contribution in [1.29, 1.82) is 5.26 Å². The van der Waals surface area contributed by atoms with Crippen LogP contribution >= 0.6 is 11.8 Å². The van der Waals surface area contributed by atoms with Crippen molar-refractivity contribution in [2.24, 2.45) is 0 Å². The highest BCUT2D eigenvalue weighted by molar-refractivity contribution is 7.98. The Hall–Kier alpha value is -3.25. The maximum atomic E-state index is 10.7. The summed E-state index contributed by atoms with van der Waals surface area (Å²) in [6, 6.07) is 10.1. The molecule has 0 bridgehead atoms. The lowest BCUT2D eigenvalue weighted by Crippen LogP contribution is -2.07. The fourth-order valence-corrected chi connectivity index (χ4v) is 3.91. The minimum Gasteiger partial charge on any atom is -0.338 e. The number of nitriles is 1. The van der Waals surface area contributed by atoms with E-state index >= 15 is 0 Å². The predicted molar refractivity (Wildman–Crippen MR) is 102 cm³/mol. The van der Waals surface area contributed by atoms with Crippen molar-refractivity contribution >= 4 is 17.4 Å². The molecule has 0 saturated carbocycles. The molecule has 0 aliphatic heterocycles. The van der Waals surface area contributed by atoms with Crippen LogP contribution in [0.1, 0.15) is 35.6 Å². The third kappa shape index (κ3) is 3.73. The van der Waals surface area contributed by atoms with Crippen LogP contribution < -0.4 is 0 Å². The maximum absolute atomic E-state index is 10.7. The molecule has 0 radical (unpaired) electrons. The molecule has 140 valence electrons. The molecule has 1 aromatic carbocycles. The number of pyridine rings is 1. The molecular formula is C19H15N5O3S. The molecule has 28 heavy (non-hydrogen) atoms. The molecule has 0 unspecified atom stereocenters. The van der Waals surface area contributed by atoms with Gasteiger partial charge in [0.2, 0.25) is 11.7 Å². The van der Waals surface area contributed by atoms with Gasteiger partial charge in [0, 0.05) is 23.4 Å². The number of non-ortho nitro benzene ring substituents is 1. The highest BCUT2D eigenvalue weighted by atomic mass is 32.2. The van der Waals surface area contributed by atoms with Crippen LogP contribution in [-0.2, 0) is 18.6 Å². The van der Waals surface area contributed by atoms with Gasteiger partial charge in [0.05, 0.1) is 16.2 Å². The fraction of sp³-hybridized carbons (Fsp3) is 0.263. The summed E-state index contributed by atoms with van der Waals surface area (Å²) in [5, 5.41) is 24.8. The van der Waals surface area contributed by atoms with E-state index in [1.54, 1.807) is 12.1 Å². The van der Waals surface area contributed by atoms with E-state index in [4.69, 9.17) is 4.52 Å². The zero-order chi connectivity index (χ0) is 19.5. The van der Waals surface area contributed by atoms with Crippen molar-refractivity contribution in [3.63, 3.8) is 0 Å². The maximum Gasteiger partial charge on any atom is 0.269 e. The quantitative estimate of drug-likeness (QED) is 0.361. The zero-order valence-electron chi connectivity index (χ0n) is 14.8. The Kier molecular flexibility index (Phi) is 5.04. The smallest absolute Gasteiger partial charge is 0.269 e. The van der Waals surface area contributed by atoms with E-state index in [2.05, 4.69) is 21.2 Å². The molecule has 1 aliphatic carbocycles. The molecule has 0 amide bonds. The van der Waals surface area contributed by atoms with Gasteiger partial charge in [-0.1, -0.05) is 16.9 Å². The van der Waals surface area contributed by atoms with Crippen molar-refractivity contribution in [2.75, 3.05) is 0 Å². The first kappa shape index (κ1) is 18.1. The SMILES string of the molecule is N#Cc1cc2c(nc1SCc1nc(-c3ccc([N+](=O)[O-])cc3)no1)CCCC2. The molecule has 2 heterocycles. The molecule has 1 aliphatic rings. The lowest BCUT2D eigenvalue weighted by atomic mass is 9.95. The van der Waals surface area contributed by atoms with Crippen molar-refractivity contribution in [2.45, 2.75) is 36.5 Å². The van der Waals surface area contributed by atoms with Crippen molar-refractivity contribution in [1.82, 2.24) is 15.1 Å². The van der Waals surface area contributed by atoms with E-state index in [1.165, 1.54) is 29.5 Å². The van der Waals surface area contributed by atoms with E-state index in [1.807, 2.05) is 6.07 Å². The van der Waals surface area contributed by atoms with Crippen LogP contribution in [0, 0.1) is 21.4 Å². The van der Waals surface area contributed by atoms with Gasteiger partial charge < -0.3 is 4.52 Å². The number of thioether (sulfide) groups is 1. The van der Waals surface area contributed by atoms with Crippen LogP contribution in [0.25, 0.3) is 11.4 Å². The number of hydrogen-bond donors (Lipinski definition) is 0. The third-order valence-corrected chi connectivity index (χ3v) is 5.50. The Morgan fingerprint density at radius 3 is 2.75 bits per heavy atom. The minimum atomic E-state index is -0.458. The minimum absolute atomic E-state index is 0.00513. The van der Waals surface area contributed by atoms with Crippen molar-refractivity contribution < 1.29 is 9.45 Å². The molecular weight excluding hydrogens is 378 g/mol. The van der Waals surface area contributed by atoms with Gasteiger partial charge in [-0.25, -0.2) is 4.98 Å². The first-order chi connectivity index (χ1) is 13.6. The topological polar surface area (TPSA) is 119 Å². The Labute approximate surface area is 164 Å². The van der Waals surface area contributed by atoms with Crippen LogP contribution in [0.2, 0.25) is 0 Å². The van der Waals surface area contributed by atoms with Crippen LogP contribution in [0.5, 0.6) is 0 Å². The number of rotatable bonds is 5. The number of fused-ring (bicyclic) bond motifs is 1. The number of nitrogens with zero attached hydrogens (tertiary/aromatic N) is 5. The molecule has 4 rings (SSSR count).